The van der Waals surface area contributed by atoms with E-state index in [1.54, 1.807) is 0 Å². The van der Waals surface area contributed by atoms with E-state index in [9.17, 15) is 0 Å². The summed E-state index contributed by atoms with van der Waals surface area (Å²) in [6.45, 7) is 0. The molecule has 0 atom stereocenters. The van der Waals surface area contributed by atoms with E-state index in [1.165, 1.54) is 109 Å². The Labute approximate surface area is 346 Å². The topological polar surface area (TPSA) is 9.86 Å². The summed E-state index contributed by atoms with van der Waals surface area (Å²) < 4.78 is 4.94. The number of aromatic nitrogens is 2. The molecule has 0 spiro atoms. The molecule has 0 unspecified atom stereocenters. The van der Waals surface area contributed by atoms with Crippen LogP contribution in [0.1, 0.15) is 0 Å². The first kappa shape index (κ1) is 33.1. The van der Waals surface area contributed by atoms with E-state index in [4.69, 9.17) is 0 Å². The fourth-order valence-electron chi connectivity index (χ4n) is 10.1. The van der Waals surface area contributed by atoms with Gasteiger partial charge in [-0.1, -0.05) is 164 Å². The molecule has 0 bridgehead atoms. The Hall–Kier alpha value is -7.94. The second-order valence-electron chi connectivity index (χ2n) is 16.1. The lowest BCUT2D eigenvalue weighted by molar-refractivity contribution is 1.17. The van der Waals surface area contributed by atoms with Crippen molar-refractivity contribution in [3.8, 4) is 33.6 Å². The predicted molar refractivity (Wildman–Crippen MR) is 256 cm³/mol. The SMILES string of the molecule is c1cc(-c2ccc3ccc4ccccc4c3c2)cc(-n2c3cc4c(cc3c3c5ccccc5ccc32)c2ccccc2n4-c2ccc(-c3cccc4ccccc34)cc2)c1. The van der Waals surface area contributed by atoms with Crippen LogP contribution in [0, 0.1) is 0 Å². The van der Waals surface area contributed by atoms with E-state index in [2.05, 4.69) is 228 Å². The molecule has 0 saturated carbocycles. The molecule has 2 nitrogen and oxygen atoms in total. The van der Waals surface area contributed by atoms with Gasteiger partial charge in [0.15, 0.2) is 0 Å². The maximum absolute atomic E-state index is 2.49. The monoisotopic (exact) mass is 760 g/mol. The van der Waals surface area contributed by atoms with E-state index in [-0.39, 0.29) is 0 Å². The van der Waals surface area contributed by atoms with Crippen molar-refractivity contribution >= 4 is 86.7 Å². The molecule has 0 fully saturated rings. The van der Waals surface area contributed by atoms with Gasteiger partial charge in [0.1, 0.15) is 0 Å². The van der Waals surface area contributed by atoms with Crippen molar-refractivity contribution in [3.63, 3.8) is 0 Å². The lowest BCUT2D eigenvalue weighted by Gasteiger charge is -2.13. The molecule has 0 aliphatic rings. The minimum absolute atomic E-state index is 1.14. The van der Waals surface area contributed by atoms with Gasteiger partial charge in [0.2, 0.25) is 0 Å². The molecule has 11 aromatic carbocycles. The number of rotatable bonds is 4. The summed E-state index contributed by atoms with van der Waals surface area (Å²) in [5.41, 5.74) is 11.9. The summed E-state index contributed by atoms with van der Waals surface area (Å²) in [6.07, 6.45) is 0. The maximum atomic E-state index is 2.49. The number of hydrogen-bond acceptors (Lipinski definition) is 0. The Bertz CT molecular complexity index is 3880. The van der Waals surface area contributed by atoms with E-state index >= 15 is 0 Å². The zero-order valence-electron chi connectivity index (χ0n) is 32.7. The second-order valence-corrected chi connectivity index (χ2v) is 16.1. The highest BCUT2D eigenvalue weighted by Crippen LogP contribution is 2.43. The van der Waals surface area contributed by atoms with Crippen molar-refractivity contribution in [2.45, 2.75) is 0 Å². The third-order valence-corrected chi connectivity index (χ3v) is 12.9. The average molecular weight is 761 g/mol. The van der Waals surface area contributed by atoms with Gasteiger partial charge in [-0.05, 0) is 120 Å². The Morgan fingerprint density at radius 3 is 1.63 bits per heavy atom. The zero-order valence-corrected chi connectivity index (χ0v) is 32.7. The highest BCUT2D eigenvalue weighted by molar-refractivity contribution is 6.25. The van der Waals surface area contributed by atoms with E-state index in [0.717, 1.165) is 11.4 Å². The van der Waals surface area contributed by atoms with Crippen LogP contribution >= 0.6 is 0 Å². The molecular formula is C58H36N2. The van der Waals surface area contributed by atoms with Gasteiger partial charge in [-0.3, -0.25) is 0 Å². The van der Waals surface area contributed by atoms with Crippen molar-refractivity contribution in [2.75, 3.05) is 0 Å². The lowest BCUT2D eigenvalue weighted by Crippen LogP contribution is -1.96. The van der Waals surface area contributed by atoms with Crippen LogP contribution in [-0.4, -0.2) is 9.13 Å². The van der Waals surface area contributed by atoms with Crippen LogP contribution in [0.5, 0.6) is 0 Å². The van der Waals surface area contributed by atoms with Gasteiger partial charge >= 0.3 is 0 Å². The standard InChI is InChI=1S/C58H36N2/c1-4-17-46-37(11-1)14-10-21-47(46)40-27-30-44(31-28-40)59-54-22-8-7-20-50(54)52-35-53-57(36-56(52)59)60(55-32-29-39-13-3-6-19-49(39)58(53)55)45-16-9-15-42(33-45)43-26-25-41-24-23-38-12-2-5-18-48(38)51(41)34-43/h1-36H. The molecule has 2 heterocycles. The Morgan fingerprint density at radius 1 is 0.233 bits per heavy atom. The van der Waals surface area contributed by atoms with Gasteiger partial charge in [-0.25, -0.2) is 0 Å². The highest BCUT2D eigenvalue weighted by Gasteiger charge is 2.20. The van der Waals surface area contributed by atoms with Crippen molar-refractivity contribution in [1.82, 2.24) is 9.13 Å². The molecule has 0 amide bonds. The normalized spacial score (nSPS) is 12.0. The summed E-state index contributed by atoms with van der Waals surface area (Å²) in [5, 5.41) is 15.1. The van der Waals surface area contributed by atoms with Crippen molar-refractivity contribution < 1.29 is 0 Å². The van der Waals surface area contributed by atoms with E-state index in [0.29, 0.717) is 0 Å². The fraction of sp³-hybridized carbons (Fsp3) is 0. The van der Waals surface area contributed by atoms with Crippen LogP contribution in [-0.2, 0) is 0 Å². The molecule has 13 rings (SSSR count). The Balaban J connectivity index is 1.05. The maximum Gasteiger partial charge on any atom is 0.0562 e. The largest absolute Gasteiger partial charge is 0.309 e. The quantitative estimate of drug-likeness (QED) is 0.158. The molecular weight excluding hydrogens is 725 g/mol. The van der Waals surface area contributed by atoms with Gasteiger partial charge < -0.3 is 9.13 Å². The highest BCUT2D eigenvalue weighted by atomic mass is 15.0. The molecule has 0 aliphatic heterocycles. The van der Waals surface area contributed by atoms with Crippen molar-refractivity contribution in [2.24, 2.45) is 0 Å². The van der Waals surface area contributed by atoms with Crippen molar-refractivity contribution in [1.29, 1.82) is 0 Å². The second kappa shape index (κ2) is 12.8. The summed E-state index contributed by atoms with van der Waals surface area (Å²) in [5.74, 6) is 0. The summed E-state index contributed by atoms with van der Waals surface area (Å²) in [4.78, 5) is 0. The molecule has 0 radical (unpaired) electrons. The number of benzene rings is 11. The van der Waals surface area contributed by atoms with Gasteiger partial charge in [0.25, 0.3) is 0 Å². The number of para-hydroxylation sites is 1. The first-order valence-corrected chi connectivity index (χ1v) is 20.8. The molecule has 0 saturated heterocycles. The number of fused-ring (bicyclic) bond motifs is 12. The first-order valence-electron chi connectivity index (χ1n) is 20.8. The molecule has 13 aromatic rings. The van der Waals surface area contributed by atoms with Gasteiger partial charge in [0.05, 0.1) is 22.1 Å². The Morgan fingerprint density at radius 2 is 0.800 bits per heavy atom. The van der Waals surface area contributed by atoms with Crippen LogP contribution in [0.4, 0.5) is 0 Å². The van der Waals surface area contributed by atoms with Crippen LogP contribution in [0.15, 0.2) is 218 Å². The van der Waals surface area contributed by atoms with E-state index < -0.39 is 0 Å². The molecule has 0 N–H and O–H groups in total. The minimum atomic E-state index is 1.14. The molecule has 2 heteroatoms. The third-order valence-electron chi connectivity index (χ3n) is 12.9. The summed E-state index contributed by atoms with van der Waals surface area (Å²) >= 11 is 0. The zero-order chi connectivity index (χ0) is 39.3. The van der Waals surface area contributed by atoms with Crippen LogP contribution in [0.25, 0.3) is 120 Å². The average Bonchev–Trinajstić information content (AvgIpc) is 3.82. The van der Waals surface area contributed by atoms with Crippen LogP contribution < -0.4 is 0 Å². The first-order chi connectivity index (χ1) is 29.7. The van der Waals surface area contributed by atoms with E-state index in [1.807, 2.05) is 0 Å². The molecule has 0 aliphatic carbocycles. The lowest BCUT2D eigenvalue weighted by atomic mass is 9.97. The predicted octanol–water partition coefficient (Wildman–Crippen LogP) is 15.8. The number of hydrogen-bond donors (Lipinski definition) is 0. The molecule has 60 heavy (non-hydrogen) atoms. The Kier molecular flexibility index (Phi) is 7.05. The third kappa shape index (κ3) is 4.88. The van der Waals surface area contributed by atoms with Gasteiger partial charge in [0, 0.05) is 32.9 Å². The smallest absolute Gasteiger partial charge is 0.0562 e. The minimum Gasteiger partial charge on any atom is -0.309 e. The van der Waals surface area contributed by atoms with Gasteiger partial charge in [-0.2, -0.15) is 0 Å². The van der Waals surface area contributed by atoms with Crippen molar-refractivity contribution in [3.05, 3.63) is 218 Å². The molecule has 2 aromatic heterocycles. The van der Waals surface area contributed by atoms with Crippen LogP contribution in [0.2, 0.25) is 0 Å². The molecule has 278 valence electrons. The number of nitrogens with zero attached hydrogens (tertiary/aromatic N) is 2. The fourth-order valence-corrected chi connectivity index (χ4v) is 10.1. The summed E-state index contributed by atoms with van der Waals surface area (Å²) in [6, 6.07) is 80.7. The van der Waals surface area contributed by atoms with Gasteiger partial charge in [-0.15, -0.1) is 0 Å². The van der Waals surface area contributed by atoms with Crippen LogP contribution in [0.3, 0.4) is 0 Å². The summed E-state index contributed by atoms with van der Waals surface area (Å²) in [7, 11) is 0.